The maximum absolute atomic E-state index is 12.8. The molecule has 6 aromatic carbocycles. The van der Waals surface area contributed by atoms with E-state index in [0.29, 0.717) is 22.8 Å². The summed E-state index contributed by atoms with van der Waals surface area (Å²) in [5, 5.41) is 0. The zero-order valence-corrected chi connectivity index (χ0v) is 34.8. The van der Waals surface area contributed by atoms with Gasteiger partial charge in [0.2, 0.25) is 0 Å². The number of aromatic amines is 4. The van der Waals surface area contributed by atoms with E-state index in [1.165, 1.54) is 14.2 Å². The number of benzene rings is 6. The Morgan fingerprint density at radius 2 is 0.844 bits per heavy atom. The van der Waals surface area contributed by atoms with Crippen molar-refractivity contribution in [1.29, 1.82) is 0 Å². The molecule has 0 spiro atoms. The summed E-state index contributed by atoms with van der Waals surface area (Å²) in [5.74, 6) is 0.395. The SMILES string of the molecule is COC(=O)c1cc(-c2nc(-c3ccccc3)c[nH]2)cc(-c2nc(-c3ccc(-c4ccc(-c5ccc(-c6ccc(C(=O)OC)c(-c7ccc(-c8ccccc8)[nH]7)c6)[nH]5)cc4)cc3)c[nH]2)c1. The highest BCUT2D eigenvalue weighted by atomic mass is 16.5. The number of nitrogens with zero attached hydrogens (tertiary/aromatic N) is 2. The van der Waals surface area contributed by atoms with E-state index in [1.54, 1.807) is 12.1 Å². The van der Waals surface area contributed by atoms with Crippen molar-refractivity contribution in [3.05, 3.63) is 193 Å². The first-order chi connectivity index (χ1) is 31.4. The van der Waals surface area contributed by atoms with Gasteiger partial charge in [0.05, 0.1) is 36.7 Å². The summed E-state index contributed by atoms with van der Waals surface area (Å²) < 4.78 is 10.2. The second-order valence-corrected chi connectivity index (χ2v) is 15.3. The number of esters is 2. The van der Waals surface area contributed by atoms with Crippen molar-refractivity contribution in [2.75, 3.05) is 14.2 Å². The largest absolute Gasteiger partial charge is 0.465 e. The minimum atomic E-state index is -0.449. The maximum atomic E-state index is 12.8. The Bertz CT molecular complexity index is 3270. The monoisotopic (exact) mass is 836 g/mol. The Morgan fingerprint density at radius 3 is 1.41 bits per heavy atom. The third-order valence-electron chi connectivity index (χ3n) is 11.3. The van der Waals surface area contributed by atoms with Gasteiger partial charge in [-0.1, -0.05) is 115 Å². The highest BCUT2D eigenvalue weighted by Crippen LogP contribution is 2.35. The van der Waals surface area contributed by atoms with Gasteiger partial charge in [0.25, 0.3) is 0 Å². The number of ether oxygens (including phenoxy) is 2. The minimum absolute atomic E-state index is 0.393. The fraction of sp³-hybridized carbons (Fsp3) is 0.0370. The molecule has 0 aliphatic rings. The first-order valence-electron chi connectivity index (χ1n) is 20.7. The van der Waals surface area contributed by atoms with Crippen LogP contribution in [0.3, 0.4) is 0 Å². The van der Waals surface area contributed by atoms with Crippen molar-refractivity contribution in [3.63, 3.8) is 0 Å². The maximum Gasteiger partial charge on any atom is 0.338 e. The van der Waals surface area contributed by atoms with Gasteiger partial charge in [0.1, 0.15) is 11.6 Å². The van der Waals surface area contributed by atoms with Crippen molar-refractivity contribution >= 4 is 11.9 Å². The second kappa shape index (κ2) is 16.9. The van der Waals surface area contributed by atoms with Crippen LogP contribution in [-0.2, 0) is 9.47 Å². The third-order valence-corrected chi connectivity index (χ3v) is 11.3. The number of imidazole rings is 2. The van der Waals surface area contributed by atoms with Gasteiger partial charge in [-0.15, -0.1) is 0 Å². The van der Waals surface area contributed by atoms with Crippen LogP contribution in [0.25, 0.3) is 101 Å². The van der Waals surface area contributed by atoms with E-state index in [9.17, 15) is 9.59 Å². The number of rotatable bonds is 11. The molecule has 0 atom stereocenters. The van der Waals surface area contributed by atoms with Crippen LogP contribution >= 0.6 is 0 Å². The molecule has 64 heavy (non-hydrogen) atoms. The Balaban J connectivity index is 0.859. The number of methoxy groups -OCH3 is 2. The van der Waals surface area contributed by atoms with Gasteiger partial charge >= 0.3 is 11.9 Å². The molecule has 10 rings (SSSR count). The van der Waals surface area contributed by atoms with Crippen LogP contribution in [0.5, 0.6) is 0 Å². The number of hydrogen-bond donors (Lipinski definition) is 4. The zero-order valence-electron chi connectivity index (χ0n) is 34.8. The Kier molecular flexibility index (Phi) is 10.4. The second-order valence-electron chi connectivity index (χ2n) is 15.3. The summed E-state index contributed by atoms with van der Waals surface area (Å²) in [5.41, 5.74) is 15.5. The van der Waals surface area contributed by atoms with E-state index in [4.69, 9.17) is 19.4 Å². The van der Waals surface area contributed by atoms with Crippen LogP contribution in [0.4, 0.5) is 0 Å². The van der Waals surface area contributed by atoms with Gasteiger partial charge in [0.15, 0.2) is 0 Å². The number of carbonyl (C=O) groups is 2. The number of H-pyrrole nitrogens is 4. The molecule has 0 saturated heterocycles. The fourth-order valence-electron chi connectivity index (χ4n) is 7.95. The lowest BCUT2D eigenvalue weighted by molar-refractivity contribution is 0.0592. The van der Waals surface area contributed by atoms with Gasteiger partial charge in [-0.05, 0) is 82.4 Å². The molecule has 0 fully saturated rings. The quantitative estimate of drug-likeness (QED) is 0.0956. The van der Waals surface area contributed by atoms with Crippen LogP contribution < -0.4 is 0 Å². The van der Waals surface area contributed by atoms with Crippen molar-refractivity contribution in [1.82, 2.24) is 29.9 Å². The van der Waals surface area contributed by atoms with Crippen LogP contribution in [0.1, 0.15) is 20.7 Å². The predicted molar refractivity (Wildman–Crippen MR) is 251 cm³/mol. The summed E-state index contributed by atoms with van der Waals surface area (Å²) in [6.07, 6.45) is 3.72. The summed E-state index contributed by atoms with van der Waals surface area (Å²) >= 11 is 0. The molecule has 0 amide bonds. The molecule has 10 nitrogen and oxygen atoms in total. The predicted octanol–water partition coefficient (Wildman–Crippen LogP) is 12.4. The Labute approximate surface area is 368 Å². The number of carbonyl (C=O) groups excluding carboxylic acids is 2. The van der Waals surface area contributed by atoms with Crippen LogP contribution in [-0.4, -0.2) is 56.1 Å². The van der Waals surface area contributed by atoms with E-state index in [2.05, 4.69) is 80.6 Å². The molecule has 4 N–H and O–H groups in total. The first-order valence-corrected chi connectivity index (χ1v) is 20.7. The Hall–Kier alpha value is -8.76. The lowest BCUT2D eigenvalue weighted by Gasteiger charge is -2.10. The highest BCUT2D eigenvalue weighted by Gasteiger charge is 2.19. The van der Waals surface area contributed by atoms with E-state index >= 15 is 0 Å². The van der Waals surface area contributed by atoms with E-state index < -0.39 is 11.9 Å². The van der Waals surface area contributed by atoms with Gasteiger partial charge in [-0.25, -0.2) is 19.6 Å². The van der Waals surface area contributed by atoms with E-state index in [0.717, 1.165) is 89.8 Å². The molecule has 0 radical (unpaired) electrons. The Morgan fingerprint density at radius 1 is 0.406 bits per heavy atom. The van der Waals surface area contributed by atoms with Crippen LogP contribution in [0, 0.1) is 0 Å². The highest BCUT2D eigenvalue weighted by molar-refractivity contribution is 5.98. The number of nitrogens with one attached hydrogen (secondary N) is 4. The van der Waals surface area contributed by atoms with E-state index in [1.807, 2.05) is 109 Å². The van der Waals surface area contributed by atoms with Crippen LogP contribution in [0.2, 0.25) is 0 Å². The normalized spacial score (nSPS) is 11.1. The van der Waals surface area contributed by atoms with Crippen molar-refractivity contribution < 1.29 is 19.1 Å². The van der Waals surface area contributed by atoms with Crippen molar-refractivity contribution in [2.24, 2.45) is 0 Å². The molecule has 310 valence electrons. The summed E-state index contributed by atoms with van der Waals surface area (Å²) in [6, 6.07) is 56.1. The smallest absolute Gasteiger partial charge is 0.338 e. The fourth-order valence-corrected chi connectivity index (χ4v) is 7.95. The molecule has 0 aliphatic carbocycles. The summed E-state index contributed by atoms with van der Waals surface area (Å²) in [7, 11) is 2.77. The molecule has 4 aromatic heterocycles. The van der Waals surface area contributed by atoms with Gasteiger partial charge < -0.3 is 29.4 Å². The van der Waals surface area contributed by atoms with Gasteiger partial charge in [0, 0.05) is 63.0 Å². The summed E-state index contributed by atoms with van der Waals surface area (Å²) in [4.78, 5) is 48.9. The molecular weight excluding hydrogens is 797 g/mol. The van der Waals surface area contributed by atoms with Gasteiger partial charge in [-0.3, -0.25) is 0 Å². The standard InChI is InChI=1S/C54H40N6O4/c1-63-53(61)42-28-40(51-55-31-49(59-51)36-11-7-4-8-12-36)27-41(29-42)52-56-32-50(60-52)38-19-15-34(16-20-38)33-13-17-37(18-14-33)46-23-24-47(57-46)39-21-22-43(54(62)64-2)44(30-39)48-26-25-45(58-48)35-9-5-3-6-10-35/h3-32,57-58H,1-2H3,(H,55,59)(H,56,60). The molecule has 0 aliphatic heterocycles. The lowest BCUT2D eigenvalue weighted by atomic mass is 10.00. The molecule has 0 unspecified atom stereocenters. The van der Waals surface area contributed by atoms with Crippen molar-refractivity contribution in [2.45, 2.75) is 0 Å². The number of aromatic nitrogens is 6. The topological polar surface area (TPSA) is 142 Å². The van der Waals surface area contributed by atoms with Crippen LogP contribution in [0.15, 0.2) is 182 Å². The average Bonchev–Trinajstić information content (AvgIpc) is 4.22. The van der Waals surface area contributed by atoms with Gasteiger partial charge in [-0.2, -0.15) is 0 Å². The third kappa shape index (κ3) is 7.83. The molecule has 4 heterocycles. The average molecular weight is 837 g/mol. The molecular formula is C54H40N6O4. The lowest BCUT2D eigenvalue weighted by Crippen LogP contribution is -2.04. The molecule has 10 aromatic rings. The van der Waals surface area contributed by atoms with Crippen molar-refractivity contribution in [3.8, 4) is 101 Å². The molecule has 0 saturated carbocycles. The first kappa shape index (κ1) is 39.4. The summed E-state index contributed by atoms with van der Waals surface area (Å²) in [6.45, 7) is 0. The molecule has 0 bridgehead atoms. The number of hydrogen-bond acceptors (Lipinski definition) is 6. The minimum Gasteiger partial charge on any atom is -0.465 e. The van der Waals surface area contributed by atoms with E-state index in [-0.39, 0.29) is 0 Å². The zero-order chi connectivity index (χ0) is 43.6. The molecule has 10 heteroatoms.